The van der Waals surface area contributed by atoms with Crippen molar-refractivity contribution in [3.63, 3.8) is 0 Å². The van der Waals surface area contributed by atoms with Crippen LogP contribution in [0.5, 0.6) is 0 Å². The second-order valence-electron chi connectivity index (χ2n) is 8.34. The number of hydrogen-bond acceptors (Lipinski definition) is 2. The van der Waals surface area contributed by atoms with Crippen molar-refractivity contribution in [3.05, 3.63) is 71.8 Å². The van der Waals surface area contributed by atoms with Crippen molar-refractivity contribution in [2.24, 2.45) is 5.92 Å². The van der Waals surface area contributed by atoms with Gasteiger partial charge in [0.05, 0.1) is 5.92 Å². The molecule has 2 aliphatic rings. The van der Waals surface area contributed by atoms with Crippen molar-refractivity contribution in [3.8, 4) is 0 Å². The molecule has 1 saturated heterocycles. The number of benzene rings is 2. The average Bonchev–Trinajstić information content (AvgIpc) is 3.42. The van der Waals surface area contributed by atoms with E-state index in [1.165, 1.54) is 24.0 Å². The molecule has 4 nitrogen and oxygen atoms in total. The molecule has 1 aliphatic heterocycles. The predicted molar refractivity (Wildman–Crippen MR) is 114 cm³/mol. The molecule has 152 valence electrons. The van der Waals surface area contributed by atoms with Gasteiger partial charge in [0.25, 0.3) is 0 Å². The van der Waals surface area contributed by atoms with E-state index in [1.54, 1.807) is 0 Å². The minimum absolute atomic E-state index is 0.0266. The van der Waals surface area contributed by atoms with Gasteiger partial charge in [0.1, 0.15) is 0 Å². The van der Waals surface area contributed by atoms with Crippen molar-refractivity contribution >= 4 is 11.8 Å². The molecule has 1 atom stereocenters. The Morgan fingerprint density at radius 2 is 1.55 bits per heavy atom. The number of rotatable bonds is 7. The molecule has 0 spiro atoms. The highest BCUT2D eigenvalue weighted by atomic mass is 16.2. The molecule has 4 rings (SSSR count). The lowest BCUT2D eigenvalue weighted by molar-refractivity contribution is -0.130. The Hall–Kier alpha value is -2.62. The highest BCUT2D eigenvalue weighted by Crippen LogP contribution is 2.30. The first kappa shape index (κ1) is 19.7. The second kappa shape index (κ2) is 9.25. The Morgan fingerprint density at radius 3 is 2.14 bits per heavy atom. The summed E-state index contributed by atoms with van der Waals surface area (Å²) in [6.45, 7) is 1.21. The molecule has 2 aromatic rings. The fourth-order valence-corrected chi connectivity index (χ4v) is 4.86. The maximum atomic E-state index is 12.7. The van der Waals surface area contributed by atoms with Crippen LogP contribution in [0, 0.1) is 5.92 Å². The van der Waals surface area contributed by atoms with Crippen molar-refractivity contribution in [2.45, 2.75) is 50.5 Å². The molecule has 29 heavy (non-hydrogen) atoms. The highest BCUT2D eigenvalue weighted by Gasteiger charge is 2.38. The Bertz CT molecular complexity index is 776. The van der Waals surface area contributed by atoms with Gasteiger partial charge in [0.15, 0.2) is 0 Å². The van der Waals surface area contributed by atoms with Gasteiger partial charge in [-0.1, -0.05) is 73.5 Å². The zero-order chi connectivity index (χ0) is 20.1. The minimum Gasteiger partial charge on any atom is -0.356 e. The van der Waals surface area contributed by atoms with Crippen LogP contribution in [0.25, 0.3) is 0 Å². The van der Waals surface area contributed by atoms with Crippen LogP contribution in [-0.4, -0.2) is 35.8 Å². The van der Waals surface area contributed by atoms with Crippen LogP contribution in [0.2, 0.25) is 0 Å². The normalized spacial score (nSPS) is 19.8. The van der Waals surface area contributed by atoms with Crippen molar-refractivity contribution in [2.75, 3.05) is 13.1 Å². The summed E-state index contributed by atoms with van der Waals surface area (Å²) in [5.41, 5.74) is 2.52. The summed E-state index contributed by atoms with van der Waals surface area (Å²) in [5.74, 6) is 0.232. The number of carbonyl (C=O) groups is 2. The summed E-state index contributed by atoms with van der Waals surface area (Å²) in [5, 5.41) is 3.11. The summed E-state index contributed by atoms with van der Waals surface area (Å²) in [7, 11) is 0. The number of likely N-dealkylation sites (tertiary alicyclic amines) is 1. The van der Waals surface area contributed by atoms with Crippen molar-refractivity contribution in [1.82, 2.24) is 10.2 Å². The molecule has 1 heterocycles. The van der Waals surface area contributed by atoms with Gasteiger partial charge in [-0.25, -0.2) is 0 Å². The minimum atomic E-state index is -0.199. The van der Waals surface area contributed by atoms with E-state index in [0.29, 0.717) is 25.6 Å². The molecular weight excluding hydrogens is 360 g/mol. The monoisotopic (exact) mass is 390 g/mol. The van der Waals surface area contributed by atoms with Gasteiger partial charge in [-0.15, -0.1) is 0 Å². The van der Waals surface area contributed by atoms with Gasteiger partial charge in [0, 0.05) is 31.5 Å². The molecule has 2 amide bonds. The fraction of sp³-hybridized carbons (Fsp3) is 0.440. The summed E-state index contributed by atoms with van der Waals surface area (Å²) < 4.78 is 0. The van der Waals surface area contributed by atoms with E-state index in [4.69, 9.17) is 0 Å². The van der Waals surface area contributed by atoms with Crippen LogP contribution in [0.3, 0.4) is 0 Å². The second-order valence-corrected chi connectivity index (χ2v) is 8.34. The van der Waals surface area contributed by atoms with Gasteiger partial charge < -0.3 is 10.2 Å². The molecule has 2 fully saturated rings. The summed E-state index contributed by atoms with van der Waals surface area (Å²) >= 11 is 0. The third kappa shape index (κ3) is 4.69. The molecule has 0 aromatic heterocycles. The lowest BCUT2D eigenvalue weighted by Crippen LogP contribution is -2.37. The van der Waals surface area contributed by atoms with Gasteiger partial charge in [-0.05, 0) is 30.4 Å². The summed E-state index contributed by atoms with van der Waals surface area (Å²) in [6, 6.07) is 21.3. The van der Waals surface area contributed by atoms with Gasteiger partial charge >= 0.3 is 0 Å². The molecule has 0 bridgehead atoms. The molecule has 1 saturated carbocycles. The Kier molecular flexibility index (Phi) is 6.28. The lowest BCUT2D eigenvalue weighted by atomic mass is 9.88. The predicted octanol–water partition coefficient (Wildman–Crippen LogP) is 4.12. The molecule has 0 radical (unpaired) electrons. The smallest absolute Gasteiger partial charge is 0.225 e. The van der Waals surface area contributed by atoms with E-state index in [0.717, 1.165) is 19.3 Å². The molecule has 1 aliphatic carbocycles. The van der Waals surface area contributed by atoms with Crippen LogP contribution in [-0.2, 0) is 9.59 Å². The number of carbonyl (C=O) groups excluding carboxylic acids is 2. The highest BCUT2D eigenvalue weighted by molar-refractivity contribution is 5.89. The third-order valence-electron chi connectivity index (χ3n) is 6.43. The Labute approximate surface area is 173 Å². The van der Waals surface area contributed by atoms with Crippen molar-refractivity contribution < 1.29 is 9.59 Å². The van der Waals surface area contributed by atoms with E-state index < -0.39 is 0 Å². The van der Waals surface area contributed by atoms with E-state index >= 15 is 0 Å². The molecule has 4 heteroatoms. The maximum Gasteiger partial charge on any atom is 0.225 e. The quantitative estimate of drug-likeness (QED) is 0.773. The topological polar surface area (TPSA) is 49.4 Å². The first-order valence-corrected chi connectivity index (χ1v) is 10.9. The van der Waals surface area contributed by atoms with Crippen LogP contribution >= 0.6 is 0 Å². The Morgan fingerprint density at radius 1 is 0.966 bits per heavy atom. The van der Waals surface area contributed by atoms with Crippen LogP contribution < -0.4 is 5.32 Å². The van der Waals surface area contributed by atoms with E-state index in [-0.39, 0.29) is 23.7 Å². The van der Waals surface area contributed by atoms with Crippen LogP contribution in [0.4, 0.5) is 0 Å². The SMILES string of the molecule is O=C(NCCC(c1ccccc1)c1ccccc1)[C@@H]1CC(=O)N(C2CCCC2)C1. The zero-order valence-electron chi connectivity index (χ0n) is 16.9. The maximum absolute atomic E-state index is 12.7. The number of nitrogens with one attached hydrogen (secondary N) is 1. The van der Waals surface area contributed by atoms with Gasteiger partial charge in [-0.2, -0.15) is 0 Å². The standard InChI is InChI=1S/C25H30N2O2/c28-24-17-21(18-27(24)22-13-7-8-14-22)25(29)26-16-15-23(19-9-3-1-4-10-19)20-11-5-2-6-12-20/h1-6,9-12,21-23H,7-8,13-18H2,(H,26,29)/t21-/m1/s1. The van der Waals surface area contributed by atoms with E-state index in [2.05, 4.69) is 53.8 Å². The number of nitrogens with zero attached hydrogens (tertiary/aromatic N) is 1. The molecule has 2 aromatic carbocycles. The fourth-order valence-electron chi connectivity index (χ4n) is 4.86. The lowest BCUT2D eigenvalue weighted by Gasteiger charge is -2.24. The first-order valence-electron chi connectivity index (χ1n) is 10.9. The average molecular weight is 391 g/mol. The van der Waals surface area contributed by atoms with Gasteiger partial charge in [-0.3, -0.25) is 9.59 Å². The first-order chi connectivity index (χ1) is 14.2. The van der Waals surface area contributed by atoms with Crippen LogP contribution in [0.15, 0.2) is 60.7 Å². The van der Waals surface area contributed by atoms with E-state index in [1.807, 2.05) is 17.0 Å². The van der Waals surface area contributed by atoms with Gasteiger partial charge in [0.2, 0.25) is 11.8 Å². The molecule has 0 unspecified atom stereocenters. The van der Waals surface area contributed by atoms with Crippen LogP contribution in [0.1, 0.15) is 55.6 Å². The summed E-state index contributed by atoms with van der Waals surface area (Å²) in [4.78, 5) is 27.1. The zero-order valence-corrected chi connectivity index (χ0v) is 16.9. The third-order valence-corrected chi connectivity index (χ3v) is 6.43. The largest absolute Gasteiger partial charge is 0.356 e. The number of hydrogen-bond donors (Lipinski definition) is 1. The number of amides is 2. The molecule has 1 N–H and O–H groups in total. The van der Waals surface area contributed by atoms with E-state index in [9.17, 15) is 9.59 Å². The summed E-state index contributed by atoms with van der Waals surface area (Å²) in [6.07, 6.45) is 5.79. The molecular formula is C25H30N2O2. The van der Waals surface area contributed by atoms with Crippen molar-refractivity contribution in [1.29, 1.82) is 0 Å². The Balaban J connectivity index is 1.34.